The fourth-order valence-corrected chi connectivity index (χ4v) is 3.23. The molecular formula is C15H19N5O3S2. The van der Waals surface area contributed by atoms with E-state index in [-0.39, 0.29) is 31.4 Å². The first-order valence-electron chi connectivity index (χ1n) is 7.38. The Hall–Kier alpha value is -2.17. The summed E-state index contributed by atoms with van der Waals surface area (Å²) in [4.78, 5) is 41.7. The molecule has 25 heavy (non-hydrogen) atoms. The van der Waals surface area contributed by atoms with Gasteiger partial charge in [-0.1, -0.05) is 11.3 Å². The lowest BCUT2D eigenvalue weighted by molar-refractivity contribution is -0.134. The predicted octanol–water partition coefficient (Wildman–Crippen LogP) is 0.490. The largest absolute Gasteiger partial charge is 0.346 e. The molecule has 3 amide bonds. The first kappa shape index (κ1) is 19.2. The molecule has 0 bridgehead atoms. The van der Waals surface area contributed by atoms with Gasteiger partial charge in [0.1, 0.15) is 0 Å². The lowest BCUT2D eigenvalue weighted by Gasteiger charge is -2.16. The van der Waals surface area contributed by atoms with Gasteiger partial charge >= 0.3 is 0 Å². The average Bonchev–Trinajstić information content (AvgIpc) is 2.99. The van der Waals surface area contributed by atoms with E-state index < -0.39 is 5.91 Å². The standard InChI is InChI=1S/C15H19N5O3S2/c1-20(14(23)7-17-12(21)6-16)8-13(22)19-15-18-10-5-9(24-2)3-4-11(10)25-15/h3-5H,6-8,16H2,1-2H3,(H,17,21)(H,18,19,22). The first-order chi connectivity index (χ1) is 11.9. The van der Waals surface area contributed by atoms with Crippen LogP contribution in [0.3, 0.4) is 0 Å². The summed E-state index contributed by atoms with van der Waals surface area (Å²) in [5.41, 5.74) is 5.96. The number of nitrogens with one attached hydrogen (secondary N) is 2. The van der Waals surface area contributed by atoms with Crippen LogP contribution in [0.5, 0.6) is 0 Å². The number of thiazole rings is 1. The zero-order valence-corrected chi connectivity index (χ0v) is 15.5. The molecule has 0 saturated heterocycles. The van der Waals surface area contributed by atoms with E-state index in [1.165, 1.54) is 23.3 Å². The number of anilines is 1. The molecule has 2 aromatic rings. The van der Waals surface area contributed by atoms with Crippen molar-refractivity contribution in [1.29, 1.82) is 0 Å². The number of aromatic nitrogens is 1. The molecule has 1 heterocycles. The summed E-state index contributed by atoms with van der Waals surface area (Å²) in [6.45, 7) is -0.519. The monoisotopic (exact) mass is 381 g/mol. The molecular weight excluding hydrogens is 362 g/mol. The summed E-state index contributed by atoms with van der Waals surface area (Å²) in [5.74, 6) is -1.17. The number of hydrogen-bond donors (Lipinski definition) is 3. The molecule has 1 aromatic carbocycles. The number of nitrogens with zero attached hydrogens (tertiary/aromatic N) is 2. The molecule has 0 saturated carbocycles. The minimum Gasteiger partial charge on any atom is -0.346 e. The van der Waals surface area contributed by atoms with Crippen LogP contribution in [-0.2, 0) is 14.4 Å². The maximum absolute atomic E-state index is 12.1. The van der Waals surface area contributed by atoms with Crippen molar-refractivity contribution >= 4 is 56.2 Å². The maximum atomic E-state index is 12.1. The lowest BCUT2D eigenvalue weighted by atomic mass is 10.3. The van der Waals surface area contributed by atoms with E-state index in [2.05, 4.69) is 15.6 Å². The third-order valence-electron chi connectivity index (χ3n) is 3.27. The minimum absolute atomic E-state index is 0.136. The van der Waals surface area contributed by atoms with Crippen LogP contribution in [0.4, 0.5) is 5.13 Å². The number of benzene rings is 1. The summed E-state index contributed by atoms with van der Waals surface area (Å²) < 4.78 is 0.974. The van der Waals surface area contributed by atoms with Gasteiger partial charge in [0.25, 0.3) is 0 Å². The van der Waals surface area contributed by atoms with Gasteiger partial charge in [-0.25, -0.2) is 4.98 Å². The fourth-order valence-electron chi connectivity index (χ4n) is 1.93. The molecule has 0 radical (unpaired) electrons. The van der Waals surface area contributed by atoms with Gasteiger partial charge in [-0.2, -0.15) is 0 Å². The molecule has 0 spiro atoms. The number of carbonyl (C=O) groups is 3. The van der Waals surface area contributed by atoms with Crippen molar-refractivity contribution in [2.75, 3.05) is 38.3 Å². The van der Waals surface area contributed by atoms with Crippen LogP contribution >= 0.6 is 23.1 Å². The quantitative estimate of drug-likeness (QED) is 0.601. The van der Waals surface area contributed by atoms with E-state index in [1.807, 2.05) is 24.5 Å². The Kier molecular flexibility index (Phi) is 6.73. The summed E-state index contributed by atoms with van der Waals surface area (Å²) >= 11 is 2.99. The number of carbonyl (C=O) groups excluding carboxylic acids is 3. The molecule has 134 valence electrons. The van der Waals surface area contributed by atoms with E-state index in [4.69, 9.17) is 5.73 Å². The number of fused-ring (bicyclic) bond motifs is 1. The van der Waals surface area contributed by atoms with E-state index in [0.29, 0.717) is 5.13 Å². The van der Waals surface area contributed by atoms with Gasteiger partial charge in [-0.15, -0.1) is 11.8 Å². The second-order valence-electron chi connectivity index (χ2n) is 5.13. The average molecular weight is 381 g/mol. The molecule has 2 rings (SSSR count). The van der Waals surface area contributed by atoms with Gasteiger partial charge in [0.2, 0.25) is 17.7 Å². The molecule has 10 heteroatoms. The zero-order chi connectivity index (χ0) is 18.4. The van der Waals surface area contributed by atoms with Gasteiger partial charge in [0, 0.05) is 11.9 Å². The van der Waals surface area contributed by atoms with Crippen molar-refractivity contribution in [2.24, 2.45) is 5.73 Å². The molecule has 0 aliphatic heterocycles. The highest BCUT2D eigenvalue weighted by Crippen LogP contribution is 2.28. The van der Waals surface area contributed by atoms with Crippen molar-refractivity contribution in [2.45, 2.75) is 4.90 Å². The van der Waals surface area contributed by atoms with Crippen molar-refractivity contribution < 1.29 is 14.4 Å². The van der Waals surface area contributed by atoms with Crippen LogP contribution in [0.25, 0.3) is 10.2 Å². The Morgan fingerprint density at radius 2 is 2.08 bits per heavy atom. The van der Waals surface area contributed by atoms with Gasteiger partial charge in [-0.3, -0.25) is 14.4 Å². The van der Waals surface area contributed by atoms with Crippen molar-refractivity contribution in [3.63, 3.8) is 0 Å². The number of hydrogen-bond acceptors (Lipinski definition) is 7. The topological polar surface area (TPSA) is 117 Å². The van der Waals surface area contributed by atoms with Crippen LogP contribution in [-0.4, -0.2) is 60.5 Å². The number of likely N-dealkylation sites (N-methyl/N-ethyl adjacent to an activating group) is 1. The second-order valence-corrected chi connectivity index (χ2v) is 7.04. The third kappa shape index (κ3) is 5.41. The predicted molar refractivity (Wildman–Crippen MR) is 99.7 cm³/mol. The first-order valence-corrected chi connectivity index (χ1v) is 9.42. The third-order valence-corrected chi connectivity index (χ3v) is 4.95. The Labute approximate surface area is 153 Å². The normalized spacial score (nSPS) is 10.5. The molecule has 0 aliphatic rings. The van der Waals surface area contributed by atoms with Gasteiger partial charge in [0.15, 0.2) is 5.13 Å². The lowest BCUT2D eigenvalue weighted by Crippen LogP contribution is -2.42. The number of nitrogens with two attached hydrogens (primary N) is 1. The Balaban J connectivity index is 1.91. The highest BCUT2D eigenvalue weighted by molar-refractivity contribution is 7.98. The number of amides is 3. The van der Waals surface area contributed by atoms with E-state index in [0.717, 1.165) is 15.1 Å². The Morgan fingerprint density at radius 1 is 1.32 bits per heavy atom. The van der Waals surface area contributed by atoms with Crippen molar-refractivity contribution in [3.8, 4) is 0 Å². The number of thioether (sulfide) groups is 1. The fraction of sp³-hybridized carbons (Fsp3) is 0.333. The smallest absolute Gasteiger partial charge is 0.245 e. The van der Waals surface area contributed by atoms with Crippen LogP contribution in [0, 0.1) is 0 Å². The van der Waals surface area contributed by atoms with Gasteiger partial charge in [0.05, 0.1) is 29.9 Å². The SMILES string of the molecule is CSc1ccc2sc(NC(=O)CN(C)C(=O)CNC(=O)CN)nc2c1. The van der Waals surface area contributed by atoms with E-state index in [9.17, 15) is 14.4 Å². The van der Waals surface area contributed by atoms with E-state index in [1.54, 1.807) is 11.8 Å². The molecule has 1 aromatic heterocycles. The zero-order valence-electron chi connectivity index (χ0n) is 13.9. The molecule has 0 atom stereocenters. The molecule has 0 unspecified atom stereocenters. The highest BCUT2D eigenvalue weighted by Gasteiger charge is 2.15. The Morgan fingerprint density at radius 3 is 2.76 bits per heavy atom. The van der Waals surface area contributed by atoms with Gasteiger partial charge in [-0.05, 0) is 24.5 Å². The molecule has 0 fully saturated rings. The van der Waals surface area contributed by atoms with Crippen LogP contribution in [0.1, 0.15) is 0 Å². The second kappa shape index (κ2) is 8.79. The number of rotatable bonds is 7. The maximum Gasteiger partial charge on any atom is 0.245 e. The van der Waals surface area contributed by atoms with Crippen LogP contribution in [0.2, 0.25) is 0 Å². The summed E-state index contributed by atoms with van der Waals surface area (Å²) in [6.07, 6.45) is 1.99. The van der Waals surface area contributed by atoms with Crippen molar-refractivity contribution in [1.82, 2.24) is 15.2 Å². The molecule has 4 N–H and O–H groups in total. The Bertz CT molecular complexity index is 793. The summed E-state index contributed by atoms with van der Waals surface area (Å²) in [6, 6.07) is 5.92. The molecule has 0 aliphatic carbocycles. The van der Waals surface area contributed by atoms with Crippen molar-refractivity contribution in [3.05, 3.63) is 18.2 Å². The van der Waals surface area contributed by atoms with Gasteiger partial charge < -0.3 is 21.3 Å². The van der Waals surface area contributed by atoms with Crippen LogP contribution < -0.4 is 16.4 Å². The summed E-state index contributed by atoms with van der Waals surface area (Å²) in [5, 5.41) is 5.54. The van der Waals surface area contributed by atoms with Crippen LogP contribution in [0.15, 0.2) is 23.1 Å². The minimum atomic E-state index is -0.426. The van der Waals surface area contributed by atoms with E-state index >= 15 is 0 Å². The highest BCUT2D eigenvalue weighted by atomic mass is 32.2. The summed E-state index contributed by atoms with van der Waals surface area (Å²) in [7, 11) is 1.49. The molecule has 8 nitrogen and oxygen atoms in total.